The molecule has 0 saturated carbocycles. The van der Waals surface area contributed by atoms with Crippen molar-refractivity contribution in [1.29, 1.82) is 0 Å². The second-order valence-electron chi connectivity index (χ2n) is 10.0. The maximum Gasteiger partial charge on any atom is 0.368 e. The minimum Gasteiger partial charge on any atom is -0.465 e. The van der Waals surface area contributed by atoms with Gasteiger partial charge >= 0.3 is 29.6 Å². The van der Waals surface area contributed by atoms with E-state index in [9.17, 15) is 24.0 Å². The standard InChI is InChI=1S/C33H30N4O10/c1-2-43-26(38)19-34-25-18-35-37(33(42)36-25)29-28(47-32(41)23-16-10-5-11-17-23)27(46-31(40)22-14-8-4-9-15-22)24(45-29)20-44-30(39)21-12-6-3-7-13-21/h3-18,24,27-29H,2,19-20H2,1H3,(H,34,36,42)/t24-,27-,28-,29-/m1/s1. The van der Waals surface area contributed by atoms with E-state index in [-0.39, 0.29) is 35.7 Å². The molecule has 0 spiro atoms. The van der Waals surface area contributed by atoms with Crippen LogP contribution in [-0.2, 0) is 28.5 Å². The Kier molecular flexibility index (Phi) is 10.7. The van der Waals surface area contributed by atoms with Gasteiger partial charge in [0.05, 0.1) is 29.5 Å². The Hall–Kier alpha value is -5.89. The van der Waals surface area contributed by atoms with Crippen LogP contribution in [0.1, 0.15) is 44.2 Å². The molecule has 0 aliphatic carbocycles. The van der Waals surface area contributed by atoms with Crippen LogP contribution in [-0.4, -0.2) is 76.7 Å². The molecule has 242 valence electrons. The van der Waals surface area contributed by atoms with Gasteiger partial charge in [-0.3, -0.25) is 4.79 Å². The van der Waals surface area contributed by atoms with Crippen molar-refractivity contribution in [2.75, 3.05) is 25.1 Å². The van der Waals surface area contributed by atoms with Gasteiger partial charge in [0.15, 0.2) is 24.3 Å². The number of carbonyl (C=O) groups excluding carboxylic acids is 4. The van der Waals surface area contributed by atoms with Crippen molar-refractivity contribution < 1.29 is 42.9 Å². The van der Waals surface area contributed by atoms with E-state index in [4.69, 9.17) is 23.7 Å². The number of benzene rings is 3. The van der Waals surface area contributed by atoms with Crippen LogP contribution < -0.4 is 11.0 Å². The largest absolute Gasteiger partial charge is 0.465 e. The smallest absolute Gasteiger partial charge is 0.368 e. The molecule has 1 saturated heterocycles. The molecule has 4 atom stereocenters. The summed E-state index contributed by atoms with van der Waals surface area (Å²) in [5.41, 5.74) is -0.312. The number of rotatable bonds is 12. The van der Waals surface area contributed by atoms with E-state index < -0.39 is 60.7 Å². The summed E-state index contributed by atoms with van der Waals surface area (Å²) in [5, 5.41) is 6.77. The number of carbonyl (C=O) groups is 4. The molecule has 0 radical (unpaired) electrons. The zero-order valence-corrected chi connectivity index (χ0v) is 25.1. The van der Waals surface area contributed by atoms with Crippen LogP contribution in [0.15, 0.2) is 102 Å². The highest BCUT2D eigenvalue weighted by Gasteiger charge is 2.52. The fourth-order valence-corrected chi connectivity index (χ4v) is 4.64. The zero-order valence-electron chi connectivity index (χ0n) is 25.1. The minimum absolute atomic E-state index is 0.0319. The monoisotopic (exact) mass is 642 g/mol. The number of aromatic nitrogens is 3. The molecular weight excluding hydrogens is 612 g/mol. The topological polar surface area (TPSA) is 174 Å². The third-order valence-corrected chi connectivity index (χ3v) is 6.86. The second-order valence-corrected chi connectivity index (χ2v) is 10.0. The highest BCUT2D eigenvalue weighted by molar-refractivity contribution is 5.91. The first-order valence-electron chi connectivity index (χ1n) is 14.6. The van der Waals surface area contributed by atoms with Crippen molar-refractivity contribution in [1.82, 2.24) is 14.8 Å². The number of nitrogens with zero attached hydrogens (tertiary/aromatic N) is 3. The van der Waals surface area contributed by atoms with E-state index in [0.29, 0.717) is 0 Å². The van der Waals surface area contributed by atoms with Crippen LogP contribution in [0.3, 0.4) is 0 Å². The summed E-state index contributed by atoms with van der Waals surface area (Å²) in [4.78, 5) is 68.2. The summed E-state index contributed by atoms with van der Waals surface area (Å²) in [6, 6.07) is 24.3. The molecule has 47 heavy (non-hydrogen) atoms. The zero-order chi connectivity index (χ0) is 33.2. The van der Waals surface area contributed by atoms with Crippen LogP contribution in [0.5, 0.6) is 0 Å². The Balaban J connectivity index is 1.47. The summed E-state index contributed by atoms with van der Waals surface area (Å²) in [6.45, 7) is 1.11. The lowest BCUT2D eigenvalue weighted by Gasteiger charge is -2.24. The molecule has 1 fully saturated rings. The molecule has 1 N–H and O–H groups in total. The molecule has 1 aliphatic rings. The summed E-state index contributed by atoms with van der Waals surface area (Å²) < 4.78 is 29.0. The van der Waals surface area contributed by atoms with Crippen molar-refractivity contribution in [2.24, 2.45) is 0 Å². The molecule has 1 aliphatic heterocycles. The van der Waals surface area contributed by atoms with Gasteiger partial charge in [0.25, 0.3) is 0 Å². The molecule has 5 rings (SSSR count). The van der Waals surface area contributed by atoms with Gasteiger partial charge in [-0.05, 0) is 43.3 Å². The van der Waals surface area contributed by atoms with E-state index in [1.807, 2.05) is 0 Å². The van der Waals surface area contributed by atoms with Crippen molar-refractivity contribution in [2.45, 2.75) is 31.5 Å². The van der Waals surface area contributed by atoms with Crippen molar-refractivity contribution >= 4 is 29.7 Å². The fraction of sp³-hybridized carbons (Fsp3) is 0.242. The lowest BCUT2D eigenvalue weighted by molar-refractivity contribution is -0.140. The van der Waals surface area contributed by atoms with Crippen LogP contribution in [0.25, 0.3) is 0 Å². The maximum atomic E-state index is 13.3. The average Bonchev–Trinajstić information content (AvgIpc) is 3.43. The fourth-order valence-electron chi connectivity index (χ4n) is 4.64. The third-order valence-electron chi connectivity index (χ3n) is 6.86. The highest BCUT2D eigenvalue weighted by Crippen LogP contribution is 2.34. The van der Waals surface area contributed by atoms with Gasteiger partial charge in [-0.2, -0.15) is 14.8 Å². The number of nitrogens with one attached hydrogen (secondary N) is 1. The van der Waals surface area contributed by atoms with Crippen molar-refractivity contribution in [3.8, 4) is 0 Å². The summed E-state index contributed by atoms with van der Waals surface area (Å²) >= 11 is 0. The Morgan fingerprint density at radius 2 is 1.30 bits per heavy atom. The highest BCUT2D eigenvalue weighted by atomic mass is 16.7. The number of esters is 4. The van der Waals surface area contributed by atoms with E-state index >= 15 is 0 Å². The van der Waals surface area contributed by atoms with Crippen LogP contribution in [0.2, 0.25) is 0 Å². The van der Waals surface area contributed by atoms with E-state index in [1.165, 1.54) is 24.3 Å². The van der Waals surface area contributed by atoms with E-state index in [1.54, 1.807) is 73.7 Å². The number of hydrogen-bond donors (Lipinski definition) is 1. The lowest BCUT2D eigenvalue weighted by atomic mass is 10.1. The predicted octanol–water partition coefficient (Wildman–Crippen LogP) is 2.82. The molecule has 14 heteroatoms. The lowest BCUT2D eigenvalue weighted by Crippen LogP contribution is -2.43. The van der Waals surface area contributed by atoms with Crippen LogP contribution in [0, 0.1) is 0 Å². The van der Waals surface area contributed by atoms with E-state index in [0.717, 1.165) is 10.9 Å². The quantitative estimate of drug-likeness (QED) is 0.177. The number of hydrogen-bond acceptors (Lipinski definition) is 13. The minimum atomic E-state index is -1.48. The van der Waals surface area contributed by atoms with Crippen molar-refractivity contribution in [3.05, 3.63) is 124 Å². The Bertz CT molecular complexity index is 1750. The molecule has 0 unspecified atom stereocenters. The summed E-state index contributed by atoms with van der Waals surface area (Å²) in [6.07, 6.45) is -4.37. The first kappa shape index (κ1) is 32.5. The first-order chi connectivity index (χ1) is 22.8. The van der Waals surface area contributed by atoms with Crippen molar-refractivity contribution in [3.63, 3.8) is 0 Å². The SMILES string of the molecule is CCOC(=O)CNc1cnn([C@@H]2O[C@H](COC(=O)c3ccccc3)[C@@H](OC(=O)c3ccccc3)[C@H]2OC(=O)c2ccccc2)c(=O)n1. The molecule has 0 bridgehead atoms. The van der Waals surface area contributed by atoms with Gasteiger partial charge in [-0.25, -0.2) is 19.2 Å². The van der Waals surface area contributed by atoms with Gasteiger partial charge in [0.2, 0.25) is 0 Å². The second kappa shape index (κ2) is 15.4. The molecule has 14 nitrogen and oxygen atoms in total. The third kappa shape index (κ3) is 8.23. The molecule has 3 aromatic carbocycles. The Morgan fingerprint density at radius 3 is 1.83 bits per heavy atom. The molecular formula is C33H30N4O10. The average molecular weight is 643 g/mol. The summed E-state index contributed by atoms with van der Waals surface area (Å²) in [5.74, 6) is -2.87. The normalized spacial score (nSPS) is 18.5. The predicted molar refractivity (Wildman–Crippen MR) is 163 cm³/mol. The van der Waals surface area contributed by atoms with Crippen LogP contribution >= 0.6 is 0 Å². The first-order valence-corrected chi connectivity index (χ1v) is 14.6. The molecule has 4 aromatic rings. The summed E-state index contributed by atoms with van der Waals surface area (Å²) in [7, 11) is 0. The number of anilines is 1. The number of ether oxygens (including phenoxy) is 5. The van der Waals surface area contributed by atoms with Gasteiger partial charge in [0, 0.05) is 0 Å². The van der Waals surface area contributed by atoms with Gasteiger partial charge < -0.3 is 29.0 Å². The molecule has 1 aromatic heterocycles. The van der Waals surface area contributed by atoms with E-state index in [2.05, 4.69) is 15.4 Å². The van der Waals surface area contributed by atoms with Gasteiger partial charge in [-0.15, -0.1) is 0 Å². The molecule has 2 heterocycles. The van der Waals surface area contributed by atoms with Crippen LogP contribution in [0.4, 0.5) is 5.82 Å². The maximum absolute atomic E-state index is 13.3. The van der Waals surface area contributed by atoms with Gasteiger partial charge in [-0.1, -0.05) is 54.6 Å². The Morgan fingerprint density at radius 1 is 0.766 bits per heavy atom. The Labute approximate surface area is 268 Å². The van der Waals surface area contributed by atoms with Gasteiger partial charge in [0.1, 0.15) is 19.3 Å². The molecule has 0 amide bonds.